The second kappa shape index (κ2) is 6.88. The number of carbonyl (C=O) groups is 1. The molecule has 144 valence electrons. The number of sulfone groups is 1. The Labute approximate surface area is 177 Å². The molecule has 0 saturated carbocycles. The van der Waals surface area contributed by atoms with Crippen molar-refractivity contribution >= 4 is 56.0 Å². The van der Waals surface area contributed by atoms with Crippen LogP contribution < -0.4 is 4.90 Å². The number of benzene rings is 2. The molecule has 4 nitrogen and oxygen atoms in total. The number of amides is 1. The van der Waals surface area contributed by atoms with Gasteiger partial charge in [0.2, 0.25) is 0 Å². The van der Waals surface area contributed by atoms with E-state index in [0.29, 0.717) is 31.7 Å². The monoisotopic (exact) mass is 451 g/mol. The Bertz CT molecular complexity index is 1230. The van der Waals surface area contributed by atoms with Gasteiger partial charge in [-0.25, -0.2) is 8.42 Å². The molecule has 28 heavy (non-hydrogen) atoms. The molecule has 0 saturated heterocycles. The molecule has 2 heterocycles. The first-order chi connectivity index (χ1) is 13.2. The maximum atomic E-state index is 13.1. The lowest BCUT2D eigenvalue weighted by Gasteiger charge is -2.19. The smallest absolute Gasteiger partial charge is 0.268 e. The van der Waals surface area contributed by atoms with E-state index in [2.05, 4.69) is 0 Å². The third kappa shape index (κ3) is 3.24. The number of fused-ring (bicyclic) bond motifs is 3. The third-order valence-corrected chi connectivity index (χ3v) is 8.09. The maximum Gasteiger partial charge on any atom is 0.268 e. The maximum absolute atomic E-state index is 13.1. The second-order valence-corrected chi connectivity index (χ2v) is 10.5. The van der Waals surface area contributed by atoms with Crippen LogP contribution in [0.15, 0.2) is 47.4 Å². The second-order valence-electron chi connectivity index (χ2n) is 6.66. The van der Waals surface area contributed by atoms with Gasteiger partial charge in [-0.3, -0.25) is 4.79 Å². The fourth-order valence-electron chi connectivity index (χ4n) is 3.31. The lowest BCUT2D eigenvalue weighted by Crippen LogP contribution is -2.26. The number of hydrogen-bond donors (Lipinski definition) is 0. The molecule has 3 aromatic rings. The molecule has 0 bridgehead atoms. The zero-order valence-corrected chi connectivity index (χ0v) is 18.1. The number of nitrogens with zero attached hydrogens (tertiary/aromatic N) is 1. The zero-order chi connectivity index (χ0) is 20.2. The predicted octanol–water partition coefficient (Wildman–Crippen LogP) is 5.59. The van der Waals surface area contributed by atoms with Crippen molar-refractivity contribution in [2.24, 2.45) is 0 Å². The highest BCUT2D eigenvalue weighted by Crippen LogP contribution is 2.44. The molecule has 0 radical (unpaired) electrons. The lowest BCUT2D eigenvalue weighted by molar-refractivity contribution is 0.0996. The Hall–Kier alpha value is -1.86. The van der Waals surface area contributed by atoms with Crippen LogP contribution in [0.5, 0.6) is 0 Å². The lowest BCUT2D eigenvalue weighted by atomic mass is 10.1. The number of rotatable bonds is 2. The molecule has 0 spiro atoms. The topological polar surface area (TPSA) is 54.5 Å². The summed E-state index contributed by atoms with van der Waals surface area (Å²) in [4.78, 5) is 16.1. The number of anilines is 1. The molecule has 1 aliphatic heterocycles. The van der Waals surface area contributed by atoms with E-state index in [1.54, 1.807) is 37.4 Å². The van der Waals surface area contributed by atoms with Gasteiger partial charge >= 0.3 is 0 Å². The van der Waals surface area contributed by atoms with Gasteiger partial charge in [-0.1, -0.05) is 35.3 Å². The quantitative estimate of drug-likeness (QED) is 0.509. The molecule has 4 rings (SSSR count). The summed E-state index contributed by atoms with van der Waals surface area (Å²) >= 11 is 13.4. The van der Waals surface area contributed by atoms with Crippen LogP contribution in [0.4, 0.5) is 5.69 Å². The minimum atomic E-state index is -3.50. The van der Waals surface area contributed by atoms with Crippen LogP contribution in [0.2, 0.25) is 10.0 Å². The molecule has 0 fully saturated rings. The van der Waals surface area contributed by atoms with Crippen molar-refractivity contribution in [2.45, 2.75) is 17.6 Å². The molecule has 8 heteroatoms. The summed E-state index contributed by atoms with van der Waals surface area (Å²) in [5.41, 5.74) is 2.86. The molecule has 0 atom stereocenters. The summed E-state index contributed by atoms with van der Waals surface area (Å²) in [6.45, 7) is 1.90. The van der Waals surface area contributed by atoms with Gasteiger partial charge in [0.25, 0.3) is 5.91 Å². The summed E-state index contributed by atoms with van der Waals surface area (Å²) in [6, 6.07) is 11.9. The largest absolute Gasteiger partial charge is 0.310 e. The van der Waals surface area contributed by atoms with E-state index in [9.17, 15) is 13.2 Å². The van der Waals surface area contributed by atoms with Crippen molar-refractivity contribution < 1.29 is 13.2 Å². The molecular formula is C20H15Cl2NO3S2. The van der Waals surface area contributed by atoms with Crippen molar-refractivity contribution in [3.63, 3.8) is 0 Å². The molecule has 0 N–H and O–H groups in total. The normalized spacial score (nSPS) is 14.3. The molecule has 1 aliphatic rings. The van der Waals surface area contributed by atoms with Gasteiger partial charge in [-0.05, 0) is 48.4 Å². The summed E-state index contributed by atoms with van der Waals surface area (Å²) in [5, 5.41) is 0.914. The Morgan fingerprint density at radius 3 is 2.50 bits per heavy atom. The third-order valence-electron chi connectivity index (χ3n) is 4.73. The van der Waals surface area contributed by atoms with E-state index in [-0.39, 0.29) is 16.6 Å². The van der Waals surface area contributed by atoms with Crippen molar-refractivity contribution in [3.8, 4) is 10.4 Å². The fraction of sp³-hybridized carbons (Fsp3) is 0.150. The van der Waals surface area contributed by atoms with Crippen LogP contribution in [0.3, 0.4) is 0 Å². The van der Waals surface area contributed by atoms with E-state index in [1.165, 1.54) is 22.3 Å². The minimum absolute atomic E-state index is 0.140. The first-order valence-corrected chi connectivity index (χ1v) is 11.6. The summed E-state index contributed by atoms with van der Waals surface area (Å²) in [5.74, 6) is -0.350. The molecule has 0 aliphatic carbocycles. The summed E-state index contributed by atoms with van der Waals surface area (Å²) in [6.07, 6.45) is 0. The van der Waals surface area contributed by atoms with E-state index < -0.39 is 9.84 Å². The van der Waals surface area contributed by atoms with Crippen LogP contribution in [-0.4, -0.2) is 21.4 Å². The number of halogens is 2. The van der Waals surface area contributed by atoms with E-state index >= 15 is 0 Å². The van der Waals surface area contributed by atoms with Gasteiger partial charge < -0.3 is 4.90 Å². The van der Waals surface area contributed by atoms with Crippen LogP contribution in [-0.2, 0) is 15.6 Å². The first kappa shape index (κ1) is 19.5. The van der Waals surface area contributed by atoms with Crippen LogP contribution >= 0.6 is 34.5 Å². The Morgan fingerprint density at radius 1 is 1.07 bits per heavy atom. The highest BCUT2D eigenvalue weighted by atomic mass is 35.5. The standard InChI is InChI=1S/C20H15Cl2NO3S2/c1-11-3-4-13(21)8-16(11)23(2)20(24)17-7-12-10-28(25,26)18-9-14(22)5-6-15(18)19(12)27-17/h3-9H,10H2,1-2H3. The van der Waals surface area contributed by atoms with Crippen molar-refractivity contribution in [3.05, 3.63) is 68.5 Å². The zero-order valence-electron chi connectivity index (χ0n) is 15.0. The summed E-state index contributed by atoms with van der Waals surface area (Å²) in [7, 11) is -1.81. The van der Waals surface area contributed by atoms with Crippen LogP contribution in [0.25, 0.3) is 10.4 Å². The number of carbonyl (C=O) groups excluding carboxylic acids is 1. The predicted molar refractivity (Wildman–Crippen MR) is 115 cm³/mol. The molecule has 1 amide bonds. The van der Waals surface area contributed by atoms with Gasteiger partial charge in [-0.2, -0.15) is 0 Å². The van der Waals surface area contributed by atoms with Crippen molar-refractivity contribution in [1.82, 2.24) is 0 Å². The Kier molecular flexibility index (Phi) is 4.78. The van der Waals surface area contributed by atoms with E-state index in [0.717, 1.165) is 10.4 Å². The number of thiophene rings is 1. The first-order valence-electron chi connectivity index (χ1n) is 8.37. The molecular weight excluding hydrogens is 437 g/mol. The van der Waals surface area contributed by atoms with Gasteiger partial charge in [0.15, 0.2) is 9.84 Å². The highest BCUT2D eigenvalue weighted by molar-refractivity contribution is 7.91. The molecule has 1 aromatic heterocycles. The Balaban J connectivity index is 1.78. The van der Waals surface area contributed by atoms with E-state index in [4.69, 9.17) is 23.2 Å². The number of hydrogen-bond acceptors (Lipinski definition) is 4. The van der Waals surface area contributed by atoms with Crippen LogP contribution in [0.1, 0.15) is 20.8 Å². The molecule has 2 aromatic carbocycles. The van der Waals surface area contributed by atoms with Crippen molar-refractivity contribution in [2.75, 3.05) is 11.9 Å². The minimum Gasteiger partial charge on any atom is -0.310 e. The average molecular weight is 452 g/mol. The SMILES string of the molecule is Cc1ccc(Cl)cc1N(C)C(=O)c1cc2c(s1)-c1ccc(Cl)cc1S(=O)(=O)C2. The fourth-order valence-corrected chi connectivity index (χ4v) is 6.67. The van der Waals surface area contributed by atoms with Gasteiger partial charge in [0.05, 0.1) is 15.5 Å². The van der Waals surface area contributed by atoms with Crippen LogP contribution in [0, 0.1) is 6.92 Å². The number of aryl methyl sites for hydroxylation is 1. The Morgan fingerprint density at radius 2 is 1.75 bits per heavy atom. The average Bonchev–Trinajstić information content (AvgIpc) is 3.05. The van der Waals surface area contributed by atoms with Gasteiger partial charge in [0.1, 0.15) is 0 Å². The summed E-state index contributed by atoms with van der Waals surface area (Å²) < 4.78 is 25.3. The highest BCUT2D eigenvalue weighted by Gasteiger charge is 2.31. The van der Waals surface area contributed by atoms with Crippen molar-refractivity contribution in [1.29, 1.82) is 0 Å². The van der Waals surface area contributed by atoms with Gasteiger partial charge in [-0.15, -0.1) is 11.3 Å². The van der Waals surface area contributed by atoms with Gasteiger partial charge in [0, 0.05) is 33.2 Å². The van der Waals surface area contributed by atoms with E-state index in [1.807, 2.05) is 13.0 Å². The molecule has 0 unspecified atom stereocenters.